The zero-order chi connectivity index (χ0) is 21.7. The number of nitrogens with two attached hydrogens (primary N) is 1. The first-order valence-corrected chi connectivity index (χ1v) is 10.6. The van der Waals surface area contributed by atoms with Crippen molar-refractivity contribution >= 4 is 16.9 Å². The lowest BCUT2D eigenvalue weighted by Gasteiger charge is -2.18. The van der Waals surface area contributed by atoms with Crippen LogP contribution in [0.3, 0.4) is 0 Å². The Morgan fingerprint density at radius 3 is 2.50 bits per heavy atom. The molecule has 5 nitrogen and oxygen atoms in total. The number of nitrogens with zero attached hydrogens (tertiary/aromatic N) is 1. The van der Waals surface area contributed by atoms with Gasteiger partial charge in [-0.05, 0) is 60.1 Å². The fourth-order valence-corrected chi connectivity index (χ4v) is 3.79. The molecule has 0 bridgehead atoms. The van der Waals surface area contributed by atoms with Gasteiger partial charge in [-0.2, -0.15) is 0 Å². The molecule has 0 saturated carbocycles. The Labute approximate surface area is 179 Å². The molecule has 0 saturated heterocycles. The van der Waals surface area contributed by atoms with Crippen LogP contribution in [-0.2, 0) is 19.4 Å². The summed E-state index contributed by atoms with van der Waals surface area (Å²) in [5.41, 5.74) is 14.2. The van der Waals surface area contributed by atoms with Crippen molar-refractivity contribution in [2.24, 2.45) is 11.7 Å². The monoisotopic (exact) mass is 404 g/mol. The Morgan fingerprint density at radius 1 is 1.13 bits per heavy atom. The predicted octanol–water partition coefficient (Wildman–Crippen LogP) is 4.34. The fourth-order valence-electron chi connectivity index (χ4n) is 3.79. The summed E-state index contributed by atoms with van der Waals surface area (Å²) < 4.78 is 0. The lowest BCUT2D eigenvalue weighted by atomic mass is 9.90. The van der Waals surface area contributed by atoms with Crippen molar-refractivity contribution < 1.29 is 4.79 Å². The van der Waals surface area contributed by atoms with Crippen molar-refractivity contribution in [3.05, 3.63) is 64.8 Å². The van der Waals surface area contributed by atoms with Crippen LogP contribution in [0, 0.1) is 12.8 Å². The number of amides is 2. The number of pyridine rings is 1. The molecule has 1 aromatic heterocycles. The van der Waals surface area contributed by atoms with Gasteiger partial charge < -0.3 is 16.4 Å². The van der Waals surface area contributed by atoms with E-state index in [1.54, 1.807) is 7.05 Å². The summed E-state index contributed by atoms with van der Waals surface area (Å²) in [6, 6.07) is 14.8. The SMILES string of the molecule is CNC(=O)NCCc1ccc2nc(CC(C)C)c(CN)c(-c3ccc(C)cc3)c2c1. The quantitative estimate of drug-likeness (QED) is 0.548. The molecule has 0 fully saturated rings. The molecule has 4 N–H and O–H groups in total. The summed E-state index contributed by atoms with van der Waals surface area (Å²) in [5.74, 6) is 0.501. The molecule has 0 aliphatic rings. The Hall–Kier alpha value is -2.92. The van der Waals surface area contributed by atoms with Crippen LogP contribution in [0.5, 0.6) is 0 Å². The minimum atomic E-state index is -0.165. The highest BCUT2D eigenvalue weighted by Gasteiger charge is 2.17. The van der Waals surface area contributed by atoms with E-state index in [9.17, 15) is 4.79 Å². The molecule has 2 amide bonds. The lowest BCUT2D eigenvalue weighted by molar-refractivity contribution is 0.243. The molecular formula is C25H32N4O. The molecule has 0 radical (unpaired) electrons. The maximum absolute atomic E-state index is 11.4. The third-order valence-corrected chi connectivity index (χ3v) is 5.31. The van der Waals surface area contributed by atoms with E-state index in [1.165, 1.54) is 16.7 Å². The molecule has 158 valence electrons. The number of carbonyl (C=O) groups excluding carboxylic acids is 1. The van der Waals surface area contributed by atoms with E-state index in [-0.39, 0.29) is 6.03 Å². The number of aryl methyl sites for hydroxylation is 1. The standard InChI is InChI=1S/C25H32N4O/c1-16(2)13-23-21(15-26)24(19-8-5-17(3)6-9-19)20-14-18(7-10-22(20)29-23)11-12-28-25(30)27-4/h5-10,14,16H,11-13,15,26H2,1-4H3,(H2,27,28,30). The maximum atomic E-state index is 11.4. The lowest BCUT2D eigenvalue weighted by Crippen LogP contribution is -2.33. The molecule has 3 aromatic rings. The smallest absolute Gasteiger partial charge is 0.314 e. The molecule has 30 heavy (non-hydrogen) atoms. The summed E-state index contributed by atoms with van der Waals surface area (Å²) in [4.78, 5) is 16.4. The number of fused-ring (bicyclic) bond motifs is 1. The Kier molecular flexibility index (Phi) is 7.06. The van der Waals surface area contributed by atoms with E-state index in [2.05, 4.69) is 73.9 Å². The third kappa shape index (κ3) is 4.97. The van der Waals surface area contributed by atoms with E-state index in [1.807, 2.05) is 0 Å². The second kappa shape index (κ2) is 9.72. The first-order chi connectivity index (χ1) is 14.4. The Bertz CT molecular complexity index is 1030. The van der Waals surface area contributed by atoms with Crippen molar-refractivity contribution in [1.29, 1.82) is 0 Å². The van der Waals surface area contributed by atoms with Crippen LogP contribution in [0.4, 0.5) is 4.79 Å². The van der Waals surface area contributed by atoms with Crippen LogP contribution < -0.4 is 16.4 Å². The number of urea groups is 1. The Balaban J connectivity index is 2.13. The highest BCUT2D eigenvalue weighted by Crippen LogP contribution is 2.34. The van der Waals surface area contributed by atoms with Gasteiger partial charge in [0.15, 0.2) is 0 Å². The minimum absolute atomic E-state index is 0.165. The zero-order valence-electron chi connectivity index (χ0n) is 18.4. The van der Waals surface area contributed by atoms with Gasteiger partial charge >= 0.3 is 6.03 Å². The van der Waals surface area contributed by atoms with Gasteiger partial charge in [-0.3, -0.25) is 4.98 Å². The molecular weight excluding hydrogens is 372 g/mol. The second-order valence-corrected chi connectivity index (χ2v) is 8.19. The molecule has 0 spiro atoms. The minimum Gasteiger partial charge on any atom is -0.341 e. The van der Waals surface area contributed by atoms with Crippen LogP contribution in [0.25, 0.3) is 22.0 Å². The van der Waals surface area contributed by atoms with E-state index in [0.29, 0.717) is 19.0 Å². The average Bonchev–Trinajstić information content (AvgIpc) is 2.73. The van der Waals surface area contributed by atoms with E-state index < -0.39 is 0 Å². The molecule has 2 aromatic carbocycles. The van der Waals surface area contributed by atoms with Crippen molar-refractivity contribution in [3.63, 3.8) is 0 Å². The first kappa shape index (κ1) is 21.8. The molecule has 0 atom stereocenters. The number of nitrogens with one attached hydrogen (secondary N) is 2. The highest BCUT2D eigenvalue weighted by atomic mass is 16.2. The van der Waals surface area contributed by atoms with Gasteiger partial charge in [-0.1, -0.05) is 49.7 Å². The summed E-state index contributed by atoms with van der Waals surface area (Å²) in [6.07, 6.45) is 1.65. The first-order valence-electron chi connectivity index (χ1n) is 10.6. The second-order valence-electron chi connectivity index (χ2n) is 8.19. The van der Waals surface area contributed by atoms with Crippen LogP contribution in [-0.4, -0.2) is 24.6 Å². The summed E-state index contributed by atoms with van der Waals surface area (Å²) in [5, 5.41) is 6.54. The van der Waals surface area contributed by atoms with Crippen LogP contribution in [0.2, 0.25) is 0 Å². The number of hydrogen-bond acceptors (Lipinski definition) is 3. The van der Waals surface area contributed by atoms with Gasteiger partial charge in [0, 0.05) is 31.2 Å². The van der Waals surface area contributed by atoms with Crippen LogP contribution in [0.1, 0.15) is 36.2 Å². The van der Waals surface area contributed by atoms with Gasteiger partial charge in [0.2, 0.25) is 0 Å². The van der Waals surface area contributed by atoms with E-state index >= 15 is 0 Å². The molecule has 0 aliphatic carbocycles. The van der Waals surface area contributed by atoms with E-state index in [0.717, 1.165) is 40.6 Å². The number of aromatic nitrogens is 1. The molecule has 5 heteroatoms. The van der Waals surface area contributed by atoms with Crippen LogP contribution >= 0.6 is 0 Å². The molecule has 0 unspecified atom stereocenters. The van der Waals surface area contributed by atoms with Crippen molar-refractivity contribution in [2.75, 3.05) is 13.6 Å². The van der Waals surface area contributed by atoms with Gasteiger partial charge in [-0.15, -0.1) is 0 Å². The van der Waals surface area contributed by atoms with Gasteiger partial charge in [0.05, 0.1) is 5.52 Å². The number of carbonyl (C=O) groups is 1. The largest absolute Gasteiger partial charge is 0.341 e. The van der Waals surface area contributed by atoms with Crippen molar-refractivity contribution in [3.8, 4) is 11.1 Å². The Morgan fingerprint density at radius 2 is 1.87 bits per heavy atom. The van der Waals surface area contributed by atoms with Crippen molar-refractivity contribution in [1.82, 2.24) is 15.6 Å². The summed E-state index contributed by atoms with van der Waals surface area (Å²) in [6.45, 7) is 7.55. The highest BCUT2D eigenvalue weighted by molar-refractivity contribution is 5.97. The average molecular weight is 405 g/mol. The van der Waals surface area contributed by atoms with Gasteiger partial charge in [0.1, 0.15) is 0 Å². The summed E-state index contributed by atoms with van der Waals surface area (Å²) >= 11 is 0. The topological polar surface area (TPSA) is 80.0 Å². The predicted molar refractivity (Wildman–Crippen MR) is 125 cm³/mol. The maximum Gasteiger partial charge on any atom is 0.314 e. The van der Waals surface area contributed by atoms with Gasteiger partial charge in [0.25, 0.3) is 0 Å². The number of hydrogen-bond donors (Lipinski definition) is 3. The number of benzene rings is 2. The van der Waals surface area contributed by atoms with Crippen LogP contribution in [0.15, 0.2) is 42.5 Å². The van der Waals surface area contributed by atoms with Gasteiger partial charge in [-0.25, -0.2) is 4.79 Å². The fraction of sp³-hybridized carbons (Fsp3) is 0.360. The molecule has 3 rings (SSSR count). The van der Waals surface area contributed by atoms with Crippen molar-refractivity contribution in [2.45, 2.75) is 40.2 Å². The summed E-state index contributed by atoms with van der Waals surface area (Å²) in [7, 11) is 1.62. The normalized spacial score (nSPS) is 11.1. The van der Waals surface area contributed by atoms with E-state index in [4.69, 9.17) is 10.7 Å². The zero-order valence-corrected chi connectivity index (χ0v) is 18.4. The number of rotatable bonds is 7. The molecule has 0 aliphatic heterocycles. The third-order valence-electron chi connectivity index (χ3n) is 5.31. The molecule has 1 heterocycles.